The molecule has 1 saturated heterocycles. The van der Waals surface area contributed by atoms with E-state index in [4.69, 9.17) is 4.74 Å². The summed E-state index contributed by atoms with van der Waals surface area (Å²) < 4.78 is 18.5. The summed E-state index contributed by atoms with van der Waals surface area (Å²) in [4.78, 5) is 15.1. The van der Waals surface area contributed by atoms with Crippen molar-refractivity contribution in [2.24, 2.45) is 5.10 Å². The van der Waals surface area contributed by atoms with E-state index in [-0.39, 0.29) is 11.7 Å². The van der Waals surface area contributed by atoms with Crippen LogP contribution in [0.15, 0.2) is 53.6 Å². The maximum atomic E-state index is 13.1. The third-order valence-electron chi connectivity index (χ3n) is 5.50. The summed E-state index contributed by atoms with van der Waals surface area (Å²) in [6, 6.07) is 14.4. The molecule has 0 N–H and O–H groups in total. The predicted octanol–water partition coefficient (Wildman–Crippen LogP) is 3.28. The Kier molecular flexibility index (Phi) is 6.87. The van der Waals surface area contributed by atoms with Crippen LogP contribution in [0.3, 0.4) is 0 Å². The molecule has 0 aromatic heterocycles. The number of hydrazone groups is 1. The Morgan fingerprint density at radius 2 is 1.90 bits per heavy atom. The molecule has 4 rings (SSSR count). The smallest absolute Gasteiger partial charge is 0.247 e. The Hall–Kier alpha value is -2.57. The molecule has 0 bridgehead atoms. The van der Waals surface area contributed by atoms with Gasteiger partial charge in [-0.3, -0.25) is 9.69 Å². The lowest BCUT2D eigenvalue weighted by Gasteiger charge is -2.26. The second-order valence-corrected chi connectivity index (χ2v) is 7.69. The molecule has 6 heteroatoms. The number of morpholine rings is 1. The number of amides is 1. The van der Waals surface area contributed by atoms with Gasteiger partial charge in [0.1, 0.15) is 5.82 Å². The van der Waals surface area contributed by atoms with Gasteiger partial charge in [0.2, 0.25) is 5.91 Å². The number of nitrogens with zero attached hydrogens (tertiary/aromatic N) is 3. The van der Waals surface area contributed by atoms with Crippen LogP contribution in [0, 0.1) is 12.2 Å². The van der Waals surface area contributed by atoms with Crippen molar-refractivity contribution in [1.29, 1.82) is 0 Å². The first-order valence-electron chi connectivity index (χ1n) is 10.5. The minimum atomic E-state index is -0.271. The molecule has 0 saturated carbocycles. The minimum absolute atomic E-state index is 0.0161. The van der Waals surface area contributed by atoms with E-state index in [0.717, 1.165) is 61.7 Å². The molecule has 2 heterocycles. The lowest BCUT2D eigenvalue weighted by Crippen LogP contribution is -2.36. The fraction of sp³-hybridized carbons (Fsp3) is 0.375. The first-order valence-corrected chi connectivity index (χ1v) is 10.5. The molecule has 1 radical (unpaired) electrons. The van der Waals surface area contributed by atoms with Crippen molar-refractivity contribution in [1.82, 2.24) is 9.91 Å². The van der Waals surface area contributed by atoms with Crippen LogP contribution < -0.4 is 0 Å². The van der Waals surface area contributed by atoms with Gasteiger partial charge in [-0.05, 0) is 48.2 Å². The van der Waals surface area contributed by atoms with E-state index < -0.39 is 0 Å². The second kappa shape index (κ2) is 9.96. The van der Waals surface area contributed by atoms with Crippen LogP contribution in [0.1, 0.15) is 29.5 Å². The zero-order valence-electron chi connectivity index (χ0n) is 17.1. The van der Waals surface area contributed by atoms with Crippen molar-refractivity contribution in [2.45, 2.75) is 19.3 Å². The first kappa shape index (κ1) is 20.7. The fourth-order valence-electron chi connectivity index (χ4n) is 3.82. The number of benzene rings is 2. The van der Waals surface area contributed by atoms with E-state index in [0.29, 0.717) is 19.4 Å². The van der Waals surface area contributed by atoms with Crippen molar-refractivity contribution in [2.75, 3.05) is 39.4 Å². The Bertz CT molecular complexity index is 892. The van der Waals surface area contributed by atoms with Crippen LogP contribution in [0.2, 0.25) is 0 Å². The summed E-state index contributed by atoms with van der Waals surface area (Å²) in [5, 5.41) is 6.00. The highest BCUT2D eigenvalue weighted by atomic mass is 19.1. The summed E-state index contributed by atoms with van der Waals surface area (Å²) in [7, 11) is 0. The molecular weight excluding hydrogens is 381 g/mol. The number of hydrogen-bond acceptors (Lipinski definition) is 4. The van der Waals surface area contributed by atoms with E-state index in [1.54, 1.807) is 12.1 Å². The van der Waals surface area contributed by atoms with Gasteiger partial charge in [0, 0.05) is 19.5 Å². The zero-order chi connectivity index (χ0) is 20.8. The van der Waals surface area contributed by atoms with Crippen molar-refractivity contribution in [3.63, 3.8) is 0 Å². The molecule has 0 unspecified atom stereocenters. The first-order chi connectivity index (χ1) is 14.7. The van der Waals surface area contributed by atoms with Gasteiger partial charge in [0.25, 0.3) is 0 Å². The lowest BCUT2D eigenvalue weighted by atomic mass is 10.0. The standard InChI is InChI=1S/C24H27FN3O2/c25-22-8-6-21(7-9-22)23-10-12-28(26-23)24(29)18-20-4-1-3-19(17-20)5-2-11-27-13-15-30-16-14-27/h1,3-9,17H,2,10-16,18H2. The number of carbonyl (C=O) groups excluding carboxylic acids is 1. The van der Waals surface area contributed by atoms with E-state index in [1.807, 2.05) is 12.1 Å². The summed E-state index contributed by atoms with van der Waals surface area (Å²) >= 11 is 0. The van der Waals surface area contributed by atoms with Crippen molar-refractivity contribution < 1.29 is 13.9 Å². The zero-order valence-corrected chi connectivity index (χ0v) is 17.1. The Morgan fingerprint density at radius 1 is 1.10 bits per heavy atom. The van der Waals surface area contributed by atoms with Crippen LogP contribution in [0.5, 0.6) is 0 Å². The molecule has 5 nitrogen and oxygen atoms in total. The molecule has 0 atom stereocenters. The Balaban J connectivity index is 1.30. The predicted molar refractivity (Wildman–Crippen MR) is 115 cm³/mol. The highest BCUT2D eigenvalue weighted by Gasteiger charge is 2.21. The second-order valence-electron chi connectivity index (χ2n) is 7.69. The van der Waals surface area contributed by atoms with Crippen molar-refractivity contribution in [3.8, 4) is 0 Å². The Labute approximate surface area is 177 Å². The molecular formula is C24H27FN3O2. The summed E-state index contributed by atoms with van der Waals surface area (Å²) in [6.07, 6.45) is 4.22. The van der Waals surface area contributed by atoms with Crippen LogP contribution in [0.25, 0.3) is 0 Å². The van der Waals surface area contributed by atoms with Gasteiger partial charge in [0.05, 0.1) is 31.9 Å². The summed E-state index contributed by atoms with van der Waals surface area (Å²) in [5.41, 5.74) is 3.83. The van der Waals surface area contributed by atoms with Gasteiger partial charge in [-0.15, -0.1) is 0 Å². The highest BCUT2D eigenvalue weighted by Crippen LogP contribution is 2.17. The normalized spacial score (nSPS) is 17.2. The molecule has 2 aromatic rings. The average Bonchev–Trinajstić information content (AvgIpc) is 3.26. The van der Waals surface area contributed by atoms with Crippen molar-refractivity contribution >= 4 is 11.6 Å². The SMILES string of the molecule is O=C(Cc1cccc([CH]CCN2CCOCC2)c1)N1CCC(c2ccc(F)cc2)=N1. The monoisotopic (exact) mass is 408 g/mol. The van der Waals surface area contributed by atoms with E-state index in [1.165, 1.54) is 17.1 Å². The third-order valence-corrected chi connectivity index (χ3v) is 5.50. The molecule has 30 heavy (non-hydrogen) atoms. The molecule has 0 aliphatic carbocycles. The topological polar surface area (TPSA) is 45.1 Å². The molecule has 2 aliphatic rings. The lowest BCUT2D eigenvalue weighted by molar-refractivity contribution is -0.130. The number of hydrogen-bond donors (Lipinski definition) is 0. The molecule has 0 spiro atoms. The van der Waals surface area contributed by atoms with Gasteiger partial charge >= 0.3 is 0 Å². The fourth-order valence-corrected chi connectivity index (χ4v) is 3.82. The van der Waals surface area contributed by atoms with Crippen LogP contribution in [-0.2, 0) is 16.0 Å². The van der Waals surface area contributed by atoms with Crippen molar-refractivity contribution in [3.05, 3.63) is 77.5 Å². The maximum absolute atomic E-state index is 13.1. The number of halogens is 1. The van der Waals surface area contributed by atoms with Crippen LogP contribution >= 0.6 is 0 Å². The highest BCUT2D eigenvalue weighted by molar-refractivity contribution is 6.02. The van der Waals surface area contributed by atoms with Gasteiger partial charge in [-0.25, -0.2) is 9.40 Å². The largest absolute Gasteiger partial charge is 0.379 e. The number of carbonyl (C=O) groups is 1. The van der Waals surface area contributed by atoms with Crippen LogP contribution in [-0.4, -0.2) is 60.9 Å². The number of ether oxygens (including phenoxy) is 1. The van der Waals surface area contributed by atoms with Gasteiger partial charge in [-0.1, -0.05) is 36.4 Å². The summed E-state index contributed by atoms with van der Waals surface area (Å²) in [5.74, 6) is -0.288. The molecule has 157 valence electrons. The minimum Gasteiger partial charge on any atom is -0.379 e. The third kappa shape index (κ3) is 5.52. The molecule has 1 fully saturated rings. The molecule has 2 aromatic carbocycles. The number of rotatable bonds is 7. The van der Waals surface area contributed by atoms with Gasteiger partial charge in [-0.2, -0.15) is 5.10 Å². The molecule has 2 aliphatic heterocycles. The van der Waals surface area contributed by atoms with Gasteiger partial charge in [0.15, 0.2) is 0 Å². The van der Waals surface area contributed by atoms with E-state index >= 15 is 0 Å². The Morgan fingerprint density at radius 3 is 2.70 bits per heavy atom. The van der Waals surface area contributed by atoms with E-state index in [2.05, 4.69) is 28.6 Å². The summed E-state index contributed by atoms with van der Waals surface area (Å²) in [6.45, 7) is 5.23. The average molecular weight is 408 g/mol. The quantitative estimate of drug-likeness (QED) is 0.706. The van der Waals surface area contributed by atoms with Crippen LogP contribution in [0.4, 0.5) is 4.39 Å². The van der Waals surface area contributed by atoms with E-state index in [9.17, 15) is 9.18 Å². The van der Waals surface area contributed by atoms with Gasteiger partial charge < -0.3 is 4.74 Å². The maximum Gasteiger partial charge on any atom is 0.247 e. The molecule has 1 amide bonds.